The number of phenols is 1. The van der Waals surface area contributed by atoms with E-state index in [1.165, 1.54) is 24.8 Å². The first-order chi connectivity index (χ1) is 10.7. The van der Waals surface area contributed by atoms with Crippen LogP contribution in [0.25, 0.3) is 11.3 Å². The molecule has 2 N–H and O–H groups in total. The molecule has 3 rings (SSSR count). The summed E-state index contributed by atoms with van der Waals surface area (Å²) in [5, 5.41) is 13.6. The van der Waals surface area contributed by atoms with Gasteiger partial charge in [-0.2, -0.15) is 0 Å². The molecule has 0 amide bonds. The summed E-state index contributed by atoms with van der Waals surface area (Å²) in [6.45, 7) is 3.13. The Hall–Kier alpha value is -1.87. The summed E-state index contributed by atoms with van der Waals surface area (Å²) in [6, 6.07) is 12.4. The predicted molar refractivity (Wildman–Crippen MR) is 90.0 cm³/mol. The van der Waals surface area contributed by atoms with Crippen LogP contribution < -0.4 is 5.32 Å². The number of rotatable bonds is 4. The third-order valence-electron chi connectivity index (χ3n) is 4.36. The zero-order valence-corrected chi connectivity index (χ0v) is 13.2. The maximum absolute atomic E-state index is 10.0. The fraction of sp³-hybridized carbons (Fsp3) is 0.421. The zero-order chi connectivity index (χ0) is 15.4. The third kappa shape index (κ3) is 3.86. The number of aryl methyl sites for hydroxylation is 2. The minimum atomic E-state index is 0.326. The minimum Gasteiger partial charge on any atom is -0.508 e. The number of hydrogen-bond donors (Lipinski definition) is 2. The van der Waals surface area contributed by atoms with Gasteiger partial charge < -0.3 is 10.4 Å². The van der Waals surface area contributed by atoms with Crippen LogP contribution in [-0.4, -0.2) is 22.7 Å². The van der Waals surface area contributed by atoms with E-state index >= 15 is 0 Å². The first kappa shape index (κ1) is 15.0. The van der Waals surface area contributed by atoms with Crippen LogP contribution in [0.3, 0.4) is 0 Å². The second kappa shape index (κ2) is 6.93. The van der Waals surface area contributed by atoms with Gasteiger partial charge in [-0.1, -0.05) is 12.5 Å². The number of hydrogen-bond acceptors (Lipinski definition) is 3. The average Bonchev–Trinajstić information content (AvgIpc) is 2.53. The monoisotopic (exact) mass is 296 g/mol. The molecule has 3 heteroatoms. The number of piperidine rings is 1. The second-order valence-electron chi connectivity index (χ2n) is 6.24. The molecule has 1 fully saturated rings. The van der Waals surface area contributed by atoms with Crippen molar-refractivity contribution in [1.29, 1.82) is 0 Å². The molecule has 1 aliphatic heterocycles. The Kier molecular flexibility index (Phi) is 4.74. The quantitative estimate of drug-likeness (QED) is 0.901. The number of benzene rings is 1. The topological polar surface area (TPSA) is 45.1 Å². The molecule has 1 atom stereocenters. The van der Waals surface area contributed by atoms with Gasteiger partial charge in [-0.15, -0.1) is 0 Å². The van der Waals surface area contributed by atoms with Crippen molar-refractivity contribution < 1.29 is 5.11 Å². The van der Waals surface area contributed by atoms with E-state index in [0.29, 0.717) is 11.8 Å². The summed E-state index contributed by atoms with van der Waals surface area (Å²) in [6.07, 6.45) is 6.02. The number of aromatic nitrogens is 1. The van der Waals surface area contributed by atoms with Crippen LogP contribution in [0.5, 0.6) is 5.75 Å². The first-order valence-corrected chi connectivity index (χ1v) is 8.21. The number of nitrogens with one attached hydrogen (secondary N) is 1. The SMILES string of the molecule is Cc1cccc(-c2cc(O)cc(CCC3CCCCN3)c2)n1. The average molecular weight is 296 g/mol. The van der Waals surface area contributed by atoms with E-state index in [9.17, 15) is 5.11 Å². The van der Waals surface area contributed by atoms with Crippen molar-refractivity contribution in [3.05, 3.63) is 47.7 Å². The van der Waals surface area contributed by atoms with Crippen LogP contribution >= 0.6 is 0 Å². The first-order valence-electron chi connectivity index (χ1n) is 8.21. The highest BCUT2D eigenvalue weighted by molar-refractivity contribution is 5.62. The lowest BCUT2D eigenvalue weighted by atomic mass is 9.96. The van der Waals surface area contributed by atoms with E-state index in [-0.39, 0.29) is 0 Å². The van der Waals surface area contributed by atoms with Crippen molar-refractivity contribution >= 4 is 0 Å². The molecule has 3 nitrogen and oxygen atoms in total. The summed E-state index contributed by atoms with van der Waals surface area (Å²) < 4.78 is 0. The minimum absolute atomic E-state index is 0.326. The molecular formula is C19H24N2O. The predicted octanol–water partition coefficient (Wildman–Crippen LogP) is 3.84. The summed E-state index contributed by atoms with van der Waals surface area (Å²) >= 11 is 0. The van der Waals surface area contributed by atoms with Crippen LogP contribution in [0.4, 0.5) is 0 Å². The van der Waals surface area contributed by atoms with Gasteiger partial charge >= 0.3 is 0 Å². The van der Waals surface area contributed by atoms with Gasteiger partial charge in [0.2, 0.25) is 0 Å². The van der Waals surface area contributed by atoms with E-state index in [1.807, 2.05) is 31.2 Å². The molecule has 1 unspecified atom stereocenters. The Morgan fingerprint density at radius 1 is 1.23 bits per heavy atom. The van der Waals surface area contributed by atoms with Gasteiger partial charge in [0.05, 0.1) is 5.69 Å². The summed E-state index contributed by atoms with van der Waals surface area (Å²) in [5.74, 6) is 0.326. The molecule has 0 aliphatic carbocycles. The Labute approximate surface area is 132 Å². The normalized spacial score (nSPS) is 18.3. The van der Waals surface area contributed by atoms with E-state index in [1.54, 1.807) is 6.07 Å². The van der Waals surface area contributed by atoms with Crippen molar-refractivity contribution in [2.75, 3.05) is 6.54 Å². The van der Waals surface area contributed by atoms with Crippen molar-refractivity contribution in [1.82, 2.24) is 10.3 Å². The number of phenolic OH excluding ortho intramolecular Hbond substituents is 1. The second-order valence-corrected chi connectivity index (χ2v) is 6.24. The molecule has 2 aromatic rings. The Morgan fingerprint density at radius 3 is 2.91 bits per heavy atom. The zero-order valence-electron chi connectivity index (χ0n) is 13.2. The van der Waals surface area contributed by atoms with Crippen LogP contribution in [0.15, 0.2) is 36.4 Å². The van der Waals surface area contributed by atoms with Crippen LogP contribution in [-0.2, 0) is 6.42 Å². The maximum Gasteiger partial charge on any atom is 0.116 e. The van der Waals surface area contributed by atoms with Crippen molar-refractivity contribution in [3.8, 4) is 17.0 Å². The van der Waals surface area contributed by atoms with E-state index < -0.39 is 0 Å². The Balaban J connectivity index is 1.74. The van der Waals surface area contributed by atoms with E-state index in [2.05, 4.69) is 16.4 Å². The van der Waals surface area contributed by atoms with Crippen molar-refractivity contribution in [3.63, 3.8) is 0 Å². The molecule has 0 spiro atoms. The molecule has 116 valence electrons. The Bertz CT molecular complexity index is 633. The van der Waals surface area contributed by atoms with Crippen molar-refractivity contribution in [2.45, 2.75) is 45.1 Å². The van der Waals surface area contributed by atoms with Crippen LogP contribution in [0.1, 0.15) is 36.9 Å². The molecule has 22 heavy (non-hydrogen) atoms. The molecular weight excluding hydrogens is 272 g/mol. The fourth-order valence-corrected chi connectivity index (χ4v) is 3.18. The molecule has 1 aromatic carbocycles. The lowest BCUT2D eigenvalue weighted by Crippen LogP contribution is -2.34. The highest BCUT2D eigenvalue weighted by atomic mass is 16.3. The van der Waals surface area contributed by atoms with E-state index in [4.69, 9.17) is 0 Å². The van der Waals surface area contributed by atoms with E-state index in [0.717, 1.165) is 36.3 Å². The van der Waals surface area contributed by atoms with Gasteiger partial charge in [0.25, 0.3) is 0 Å². The van der Waals surface area contributed by atoms with Crippen LogP contribution in [0.2, 0.25) is 0 Å². The largest absolute Gasteiger partial charge is 0.508 e. The number of aromatic hydroxyl groups is 1. The molecule has 1 aliphatic rings. The smallest absolute Gasteiger partial charge is 0.116 e. The summed E-state index contributed by atoms with van der Waals surface area (Å²) in [7, 11) is 0. The lowest BCUT2D eigenvalue weighted by Gasteiger charge is -2.23. The molecule has 0 saturated carbocycles. The fourth-order valence-electron chi connectivity index (χ4n) is 3.18. The Morgan fingerprint density at radius 2 is 2.14 bits per heavy atom. The van der Waals surface area contributed by atoms with Gasteiger partial charge in [0, 0.05) is 17.3 Å². The van der Waals surface area contributed by atoms with Gasteiger partial charge in [-0.05, 0) is 75.0 Å². The van der Waals surface area contributed by atoms with Crippen molar-refractivity contribution in [2.24, 2.45) is 0 Å². The van der Waals surface area contributed by atoms with Gasteiger partial charge in [0.15, 0.2) is 0 Å². The third-order valence-corrected chi connectivity index (χ3v) is 4.36. The van der Waals surface area contributed by atoms with Gasteiger partial charge in [-0.25, -0.2) is 0 Å². The van der Waals surface area contributed by atoms with Crippen LogP contribution in [0, 0.1) is 6.92 Å². The maximum atomic E-state index is 10.0. The highest BCUT2D eigenvalue weighted by Gasteiger charge is 2.13. The molecule has 1 saturated heterocycles. The molecule has 0 bridgehead atoms. The van der Waals surface area contributed by atoms with Gasteiger partial charge in [0.1, 0.15) is 5.75 Å². The summed E-state index contributed by atoms with van der Waals surface area (Å²) in [5.41, 5.74) is 4.10. The molecule has 2 heterocycles. The van der Waals surface area contributed by atoms with Gasteiger partial charge in [-0.3, -0.25) is 4.98 Å². The summed E-state index contributed by atoms with van der Waals surface area (Å²) in [4.78, 5) is 4.55. The standard InChI is InChI=1S/C19H24N2O/c1-14-5-4-7-19(21-14)16-11-15(12-18(22)13-16)8-9-17-6-2-3-10-20-17/h4-5,7,11-13,17,20,22H,2-3,6,8-10H2,1H3. The highest BCUT2D eigenvalue weighted by Crippen LogP contribution is 2.25. The molecule has 0 radical (unpaired) electrons. The lowest BCUT2D eigenvalue weighted by molar-refractivity contribution is 0.382. The molecule has 1 aromatic heterocycles. The number of pyridine rings is 1. The number of nitrogens with zero attached hydrogens (tertiary/aromatic N) is 1.